The number of aromatic carboxylic acids is 1. The third-order valence-corrected chi connectivity index (χ3v) is 20.8. The monoisotopic (exact) mass is 1370 g/mol. The van der Waals surface area contributed by atoms with Gasteiger partial charge in [0.25, 0.3) is 0 Å². The number of anilines is 8. The number of Topliss-reactive ketones (excluding diaryl/α,β-unsaturated/α-hetero) is 1. The quantitative estimate of drug-likeness (QED) is 0.0745. The Kier molecular flexibility index (Phi) is 23.4. The summed E-state index contributed by atoms with van der Waals surface area (Å²) in [5.41, 5.74) is 21.7. The Morgan fingerprint density at radius 3 is 1.03 bits per heavy atom. The van der Waals surface area contributed by atoms with Crippen LogP contribution < -0.4 is 90.3 Å². The Labute approximate surface area is 655 Å². The number of carboxylic acid groups (broad SMARTS) is 1. The summed E-state index contributed by atoms with van der Waals surface area (Å²) in [5.74, 6) is -1.40. The van der Waals surface area contributed by atoms with Gasteiger partial charge < -0.3 is 47.5 Å². The number of carboxylic acids is 1. The SMILES string of the molecule is C.CC(=O)c1ccc2c3c(ccc2c1)N(C)c1ccccc1C3(C)C.CN1c2ccccc2C(C)(C)c2c1ccc1cc(C(=O)O)ccc21.COC(=O)c1ccc2c3c(ccc2c1)N(C)c1ccccc1C3(C)C.COC(=O)c1ccc2c3c(ccc2c1)Nc1ccccc1C3(C)C.[CH3-].[K+].[Li+].[OH-]. The van der Waals surface area contributed by atoms with E-state index in [1.807, 2.05) is 60.7 Å². The van der Waals surface area contributed by atoms with E-state index in [4.69, 9.17) is 9.47 Å². The molecule has 4 heterocycles. The molecule has 0 spiro atoms. The van der Waals surface area contributed by atoms with Crippen molar-refractivity contribution in [3.63, 3.8) is 0 Å². The van der Waals surface area contributed by atoms with Gasteiger partial charge in [0.2, 0.25) is 0 Å². The molecule has 12 aromatic rings. The first-order chi connectivity index (χ1) is 46.3. The first-order valence-corrected chi connectivity index (χ1v) is 32.9. The average Bonchev–Trinajstić information content (AvgIpc) is 0.738. The predicted octanol–water partition coefficient (Wildman–Crippen LogP) is 15.4. The number of ketones is 1. The molecule has 3 N–H and O–H groups in total. The predicted molar refractivity (Wildman–Crippen MR) is 412 cm³/mol. The number of carbonyl (C=O) groups excluding carboxylic acids is 3. The summed E-state index contributed by atoms with van der Waals surface area (Å²) in [7, 11) is 9.15. The van der Waals surface area contributed by atoms with Gasteiger partial charge in [-0.05, 0) is 186 Å². The number of fused-ring (bicyclic) bond motifs is 16. The molecule has 0 amide bonds. The Bertz CT molecular complexity index is 5110. The third kappa shape index (κ3) is 13.4. The minimum absolute atomic E-state index is 0. The largest absolute Gasteiger partial charge is 1.00 e. The smallest absolute Gasteiger partial charge is 0.870 e. The Hall–Kier alpha value is -8.85. The second-order valence-corrected chi connectivity index (χ2v) is 27.9. The first kappa shape index (κ1) is 78.9. The second-order valence-electron chi connectivity index (χ2n) is 27.9. The van der Waals surface area contributed by atoms with Crippen LogP contribution in [0.3, 0.4) is 0 Å². The van der Waals surface area contributed by atoms with E-state index in [9.17, 15) is 24.3 Å². The summed E-state index contributed by atoms with van der Waals surface area (Å²) in [5, 5.41) is 21.7. The maximum atomic E-state index is 11.9. The molecule has 0 saturated heterocycles. The first-order valence-electron chi connectivity index (χ1n) is 32.9. The van der Waals surface area contributed by atoms with Crippen molar-refractivity contribution in [3.05, 3.63) is 293 Å². The van der Waals surface area contributed by atoms with Gasteiger partial charge in [-0.3, -0.25) is 4.79 Å². The molecule has 510 valence electrons. The van der Waals surface area contributed by atoms with Crippen molar-refractivity contribution in [1.29, 1.82) is 0 Å². The van der Waals surface area contributed by atoms with E-state index >= 15 is 0 Å². The van der Waals surface area contributed by atoms with Gasteiger partial charge in [-0.25, -0.2) is 14.4 Å². The van der Waals surface area contributed by atoms with E-state index in [-0.39, 0.29) is 130 Å². The summed E-state index contributed by atoms with van der Waals surface area (Å²) >= 11 is 0. The number of hydrogen-bond donors (Lipinski definition) is 2. The van der Waals surface area contributed by atoms with Gasteiger partial charge in [-0.15, -0.1) is 0 Å². The molecule has 4 aliphatic heterocycles. The van der Waals surface area contributed by atoms with Crippen LogP contribution in [0.1, 0.15) is 156 Å². The van der Waals surface area contributed by atoms with E-state index in [1.54, 1.807) is 19.1 Å². The number of hydrogen-bond acceptors (Lipinski definition) is 11. The van der Waals surface area contributed by atoms with Gasteiger partial charge >= 0.3 is 88.2 Å². The van der Waals surface area contributed by atoms with Crippen LogP contribution in [-0.2, 0) is 31.1 Å². The molecule has 0 fully saturated rings. The van der Waals surface area contributed by atoms with Crippen molar-refractivity contribution in [2.45, 2.75) is 91.4 Å². The summed E-state index contributed by atoms with van der Waals surface area (Å²) in [6, 6.07) is 73.9. The van der Waals surface area contributed by atoms with Crippen LogP contribution in [-0.4, -0.2) is 69.6 Å². The molecule has 0 aliphatic carbocycles. The molecule has 14 heteroatoms. The molecule has 4 aliphatic rings. The fraction of sp³-hybridized carbons (Fsp3) is 0.216. The van der Waals surface area contributed by atoms with Crippen molar-refractivity contribution >= 4 is 112 Å². The number of nitrogens with zero attached hydrogens (tertiary/aromatic N) is 3. The van der Waals surface area contributed by atoms with Crippen LogP contribution >= 0.6 is 0 Å². The number of nitrogens with one attached hydrogen (secondary N) is 1. The number of benzene rings is 12. The van der Waals surface area contributed by atoms with E-state index in [0.717, 1.165) is 49.3 Å². The van der Waals surface area contributed by atoms with E-state index in [0.29, 0.717) is 16.7 Å². The molecule has 0 unspecified atom stereocenters. The van der Waals surface area contributed by atoms with Gasteiger partial charge in [0.05, 0.1) is 30.9 Å². The number of methoxy groups -OCH3 is 2. The maximum Gasteiger partial charge on any atom is 1.00 e. The minimum Gasteiger partial charge on any atom is -0.870 e. The van der Waals surface area contributed by atoms with Crippen LogP contribution in [0.5, 0.6) is 0 Å². The van der Waals surface area contributed by atoms with Gasteiger partial charge in [0.1, 0.15) is 0 Å². The minimum atomic E-state index is -0.892. The normalized spacial score (nSPS) is 14.1. The van der Waals surface area contributed by atoms with Crippen LogP contribution in [0.25, 0.3) is 43.1 Å². The standard InChI is InChI=1S/C22H21NO2.C22H21NO.2C21H19NO2.CH4.CH3.K.Li.H2O/c1-22(2)17-7-5-6-8-18(17)23(3)19-12-10-14-13-15(21(24)25-4)9-11-16(14)20(19)22;1-14(24)15-9-11-17-16(13-15)10-12-20-21(17)22(2,3)18-7-5-6-8-19(18)23(20)4;1-21(2)16-6-4-5-7-17(16)22-18-11-9-13-12-14(20(23)24-3)8-10-15(13)19(18)21;1-21(2)16-6-4-5-7-17(16)22(3)18-11-9-13-12-14(20(23)24)8-10-15(13)19(18)21;;;;;/h5-13H,1-4H3;5-13H,1-4H3;4-12,22H,1-3H3;4-12H,1-3H3,(H,23,24);1H4;1H3;;;1H2/q;;;;;-1;2*+1;/p-1. The third-order valence-electron chi connectivity index (χ3n) is 20.8. The van der Waals surface area contributed by atoms with E-state index < -0.39 is 5.97 Å². The Morgan fingerprint density at radius 2 is 0.667 bits per heavy atom. The topological polar surface area (TPSA) is 159 Å². The molecule has 0 saturated carbocycles. The van der Waals surface area contributed by atoms with E-state index in [1.165, 1.54) is 104 Å². The molecule has 12 nitrogen and oxygen atoms in total. The van der Waals surface area contributed by atoms with Gasteiger partial charge in [-0.2, -0.15) is 0 Å². The maximum absolute atomic E-state index is 11.9. The van der Waals surface area contributed by atoms with Crippen molar-refractivity contribution < 1.29 is 109 Å². The van der Waals surface area contributed by atoms with Crippen LogP contribution in [0.15, 0.2) is 218 Å². The van der Waals surface area contributed by atoms with Crippen molar-refractivity contribution in [3.8, 4) is 0 Å². The summed E-state index contributed by atoms with van der Waals surface area (Å²) in [6.07, 6.45) is 0. The fourth-order valence-electron chi connectivity index (χ4n) is 15.8. The molecule has 16 rings (SSSR count). The summed E-state index contributed by atoms with van der Waals surface area (Å²) in [6.45, 7) is 19.7. The van der Waals surface area contributed by atoms with Crippen LogP contribution in [0.4, 0.5) is 45.5 Å². The van der Waals surface area contributed by atoms with Gasteiger partial charge in [0, 0.05) is 93.9 Å². The van der Waals surface area contributed by atoms with Crippen LogP contribution in [0, 0.1) is 7.43 Å². The Balaban J connectivity index is 0.000000170. The molecule has 102 heavy (non-hydrogen) atoms. The summed E-state index contributed by atoms with van der Waals surface area (Å²) < 4.78 is 9.69. The number of para-hydroxylation sites is 4. The number of esters is 2. The fourth-order valence-corrected chi connectivity index (χ4v) is 15.8. The molecule has 0 atom stereocenters. The average molecular weight is 1380 g/mol. The Morgan fingerprint density at radius 1 is 0.373 bits per heavy atom. The van der Waals surface area contributed by atoms with Gasteiger partial charge in [-0.1, -0.05) is 190 Å². The molecule has 0 radical (unpaired) electrons. The number of rotatable bonds is 4. The van der Waals surface area contributed by atoms with E-state index in [2.05, 4.69) is 242 Å². The van der Waals surface area contributed by atoms with Crippen molar-refractivity contribution in [1.82, 2.24) is 0 Å². The van der Waals surface area contributed by atoms with Crippen molar-refractivity contribution in [2.75, 3.05) is 55.4 Å². The summed E-state index contributed by atoms with van der Waals surface area (Å²) in [4.78, 5) is 53.4. The zero-order valence-corrected chi connectivity index (χ0v) is 64.1. The second kappa shape index (κ2) is 30.2. The molecule has 12 aromatic carbocycles. The van der Waals surface area contributed by atoms with Gasteiger partial charge in [0.15, 0.2) is 5.78 Å². The zero-order chi connectivity index (χ0) is 68.8. The zero-order valence-electron chi connectivity index (χ0n) is 61.0. The number of ether oxygens (including phenoxy) is 2. The molecular weight excluding hydrogens is 1290 g/mol. The van der Waals surface area contributed by atoms with Crippen LogP contribution in [0.2, 0.25) is 0 Å². The molecule has 0 bridgehead atoms. The number of carbonyl (C=O) groups is 4. The van der Waals surface area contributed by atoms with Crippen molar-refractivity contribution in [2.24, 2.45) is 0 Å². The molecule has 0 aromatic heterocycles. The molecular formula is C88H88KLiN4O8.